The Morgan fingerprint density at radius 2 is 1.85 bits per heavy atom. The van der Waals surface area contributed by atoms with E-state index < -0.39 is 34.1 Å². The first-order valence-corrected chi connectivity index (χ1v) is 9.17. The maximum absolute atomic E-state index is 13.1. The van der Waals surface area contributed by atoms with E-state index in [-0.39, 0.29) is 12.1 Å². The summed E-state index contributed by atoms with van der Waals surface area (Å²) in [6, 6.07) is 4.14. The molecule has 8 heteroatoms. The zero-order valence-corrected chi connectivity index (χ0v) is 16.0. The number of carbonyl (C=O) groups is 2. The molecule has 2 heterocycles. The molecule has 1 aromatic rings. The van der Waals surface area contributed by atoms with E-state index >= 15 is 0 Å². The van der Waals surface area contributed by atoms with Crippen molar-refractivity contribution in [3.05, 3.63) is 33.9 Å². The summed E-state index contributed by atoms with van der Waals surface area (Å²) in [5.74, 6) is -2.58. The third kappa shape index (κ3) is 2.93. The van der Waals surface area contributed by atoms with Gasteiger partial charge in [-0.3, -0.25) is 19.7 Å². The van der Waals surface area contributed by atoms with Crippen LogP contribution in [-0.2, 0) is 25.5 Å². The lowest BCUT2D eigenvalue weighted by atomic mass is 9.69. The van der Waals surface area contributed by atoms with Gasteiger partial charge in [-0.25, -0.2) is 0 Å². The number of benzene rings is 1. The smallest absolute Gasteiger partial charge is 0.329 e. The average molecular weight is 376 g/mol. The van der Waals surface area contributed by atoms with Crippen LogP contribution >= 0.6 is 0 Å². The summed E-state index contributed by atoms with van der Waals surface area (Å²) in [6.45, 7) is 7.55. The second kappa shape index (κ2) is 6.51. The standard InChI is InChI=1S/C19H24N2O6/c1-5-9-20-14-8-7-13(21(24)25)10-12(14)11-19(15(20)6-2)16(22)26-18(3,4)27-17(19)23/h7-8,10,15H,5-6,9,11H2,1-4H3/t15-/m0/s1. The largest absolute Gasteiger partial charge is 0.422 e. The second-order valence-corrected chi connectivity index (χ2v) is 7.51. The van der Waals surface area contributed by atoms with Crippen molar-refractivity contribution in [3.8, 4) is 0 Å². The number of ether oxygens (including phenoxy) is 2. The molecule has 0 aromatic heterocycles. The number of fused-ring (bicyclic) bond motifs is 1. The van der Waals surface area contributed by atoms with Gasteiger partial charge in [-0.1, -0.05) is 13.8 Å². The number of nitro groups is 1. The van der Waals surface area contributed by atoms with E-state index in [1.165, 1.54) is 26.0 Å². The molecule has 0 radical (unpaired) electrons. The lowest BCUT2D eigenvalue weighted by molar-refractivity contribution is -0.384. The molecular weight excluding hydrogens is 352 g/mol. The molecule has 2 aliphatic heterocycles. The summed E-state index contributed by atoms with van der Waals surface area (Å²) in [4.78, 5) is 38.8. The van der Waals surface area contributed by atoms with Crippen LogP contribution in [0, 0.1) is 15.5 Å². The van der Waals surface area contributed by atoms with Crippen molar-refractivity contribution >= 4 is 23.3 Å². The van der Waals surface area contributed by atoms with Crippen LogP contribution in [0.15, 0.2) is 18.2 Å². The molecule has 146 valence electrons. The molecule has 27 heavy (non-hydrogen) atoms. The lowest BCUT2D eigenvalue weighted by Gasteiger charge is -2.51. The van der Waals surface area contributed by atoms with Gasteiger partial charge in [0.05, 0.1) is 11.0 Å². The van der Waals surface area contributed by atoms with Crippen molar-refractivity contribution in [1.29, 1.82) is 0 Å². The molecule has 0 N–H and O–H groups in total. The molecule has 0 bridgehead atoms. The van der Waals surface area contributed by atoms with Crippen LogP contribution in [-0.4, -0.2) is 35.2 Å². The van der Waals surface area contributed by atoms with E-state index in [1.54, 1.807) is 6.07 Å². The minimum Gasteiger partial charge on any atom is -0.422 e. The number of non-ortho nitro benzene ring substituents is 1. The van der Waals surface area contributed by atoms with Gasteiger partial charge in [0.15, 0.2) is 5.41 Å². The van der Waals surface area contributed by atoms with Crippen LogP contribution in [0.3, 0.4) is 0 Å². The summed E-state index contributed by atoms with van der Waals surface area (Å²) in [6.07, 6.45) is 1.34. The molecule has 8 nitrogen and oxygen atoms in total. The van der Waals surface area contributed by atoms with E-state index in [1.807, 2.05) is 18.7 Å². The minimum absolute atomic E-state index is 0.0243. The molecule has 2 aliphatic rings. The molecule has 1 saturated heterocycles. The van der Waals surface area contributed by atoms with E-state index in [0.29, 0.717) is 18.5 Å². The molecular formula is C19H24N2O6. The van der Waals surface area contributed by atoms with Gasteiger partial charge in [0.2, 0.25) is 0 Å². The average Bonchev–Trinajstić information content (AvgIpc) is 2.58. The van der Waals surface area contributed by atoms with Gasteiger partial charge in [0, 0.05) is 44.6 Å². The Bertz CT molecular complexity index is 783. The molecule has 3 rings (SSSR count). The Hall–Kier alpha value is -2.64. The van der Waals surface area contributed by atoms with Gasteiger partial charge in [0.25, 0.3) is 11.5 Å². The van der Waals surface area contributed by atoms with E-state index in [4.69, 9.17) is 9.47 Å². The second-order valence-electron chi connectivity index (χ2n) is 7.51. The Morgan fingerprint density at radius 3 is 2.37 bits per heavy atom. The van der Waals surface area contributed by atoms with Gasteiger partial charge in [-0.05, 0) is 24.5 Å². The number of hydrogen-bond acceptors (Lipinski definition) is 7. The fraction of sp³-hybridized carbons (Fsp3) is 0.579. The third-order valence-corrected chi connectivity index (χ3v) is 5.25. The highest BCUT2D eigenvalue weighted by Gasteiger charge is 2.63. The highest BCUT2D eigenvalue weighted by atomic mass is 16.7. The van der Waals surface area contributed by atoms with E-state index in [2.05, 4.69) is 0 Å². The summed E-state index contributed by atoms with van der Waals surface area (Å²) in [7, 11) is 0. The minimum atomic E-state index is -1.53. The first-order valence-electron chi connectivity index (χ1n) is 9.17. The topological polar surface area (TPSA) is 99.0 Å². The van der Waals surface area contributed by atoms with Crippen molar-refractivity contribution < 1.29 is 24.0 Å². The summed E-state index contributed by atoms with van der Waals surface area (Å²) in [5.41, 5.74) is -0.212. The first kappa shape index (κ1) is 19.1. The zero-order chi connectivity index (χ0) is 20.0. The van der Waals surface area contributed by atoms with Gasteiger partial charge in [-0.2, -0.15) is 0 Å². The summed E-state index contributed by atoms with van der Waals surface area (Å²) >= 11 is 0. The number of carbonyl (C=O) groups excluding carboxylic acids is 2. The molecule has 0 aliphatic carbocycles. The fourth-order valence-corrected chi connectivity index (χ4v) is 4.19. The zero-order valence-electron chi connectivity index (χ0n) is 16.0. The number of nitrogens with zero attached hydrogens (tertiary/aromatic N) is 2. The summed E-state index contributed by atoms with van der Waals surface area (Å²) < 4.78 is 10.9. The van der Waals surface area contributed by atoms with E-state index in [0.717, 1.165) is 12.1 Å². The maximum Gasteiger partial charge on any atom is 0.329 e. The molecule has 1 atom stereocenters. The van der Waals surface area contributed by atoms with Crippen LogP contribution in [0.2, 0.25) is 0 Å². The van der Waals surface area contributed by atoms with Crippen molar-refractivity contribution in [2.75, 3.05) is 11.4 Å². The van der Waals surface area contributed by atoms with Crippen LogP contribution in [0.25, 0.3) is 0 Å². The molecule has 1 spiro atoms. The van der Waals surface area contributed by atoms with Crippen LogP contribution in [0.5, 0.6) is 0 Å². The lowest BCUT2D eigenvalue weighted by Crippen LogP contribution is -2.66. The van der Waals surface area contributed by atoms with Gasteiger partial charge >= 0.3 is 11.9 Å². The Labute approximate surface area is 157 Å². The van der Waals surface area contributed by atoms with Crippen LogP contribution < -0.4 is 4.90 Å². The van der Waals surface area contributed by atoms with Gasteiger partial charge in [0.1, 0.15) is 0 Å². The number of cyclic esters (lactones) is 2. The van der Waals surface area contributed by atoms with Crippen LogP contribution in [0.4, 0.5) is 11.4 Å². The number of rotatable bonds is 4. The van der Waals surface area contributed by atoms with Crippen molar-refractivity contribution in [2.24, 2.45) is 5.41 Å². The number of anilines is 1. The summed E-state index contributed by atoms with van der Waals surface area (Å²) in [5, 5.41) is 11.2. The third-order valence-electron chi connectivity index (χ3n) is 5.25. The van der Waals surface area contributed by atoms with Crippen molar-refractivity contribution in [1.82, 2.24) is 0 Å². The van der Waals surface area contributed by atoms with Crippen LogP contribution in [0.1, 0.15) is 46.1 Å². The first-order chi connectivity index (χ1) is 12.7. The van der Waals surface area contributed by atoms with E-state index in [9.17, 15) is 19.7 Å². The predicted molar refractivity (Wildman–Crippen MR) is 97.2 cm³/mol. The number of esters is 2. The monoisotopic (exact) mass is 376 g/mol. The fourth-order valence-electron chi connectivity index (χ4n) is 4.19. The molecule has 1 fully saturated rings. The highest BCUT2D eigenvalue weighted by Crippen LogP contribution is 2.48. The Kier molecular flexibility index (Phi) is 4.61. The molecule has 0 unspecified atom stereocenters. The van der Waals surface area contributed by atoms with Crippen molar-refractivity contribution in [3.63, 3.8) is 0 Å². The number of nitro benzene ring substituents is 1. The molecule has 1 aromatic carbocycles. The SMILES string of the molecule is CCCN1c2ccc([N+](=O)[O-])cc2CC2(C(=O)OC(C)(C)OC2=O)[C@@H]1CC. The number of hydrogen-bond donors (Lipinski definition) is 0. The van der Waals surface area contributed by atoms with Gasteiger partial charge < -0.3 is 14.4 Å². The predicted octanol–water partition coefficient (Wildman–Crippen LogP) is 2.97. The normalized spacial score (nSPS) is 22.8. The molecule has 0 saturated carbocycles. The molecule has 0 amide bonds. The Balaban J connectivity index is 2.18. The van der Waals surface area contributed by atoms with Crippen molar-refractivity contribution in [2.45, 2.75) is 58.8 Å². The quantitative estimate of drug-likeness (QED) is 0.345. The Morgan fingerprint density at radius 1 is 1.22 bits per heavy atom. The maximum atomic E-state index is 13.1. The highest BCUT2D eigenvalue weighted by molar-refractivity contribution is 6.04. The van der Waals surface area contributed by atoms with Gasteiger partial charge in [-0.15, -0.1) is 0 Å².